The summed E-state index contributed by atoms with van der Waals surface area (Å²) in [6, 6.07) is 14.6. The Labute approximate surface area is 160 Å². The van der Waals surface area contributed by atoms with Gasteiger partial charge in [-0.15, -0.1) is 5.10 Å². The molecule has 7 heteroatoms. The standard InChI is InChI=1S/C20H17FN4OS/c1-13-17(27-24-23-13)11-25-12-22-19(14-7-4-3-5-8-14)20(25)18-15(21)9-6-10-16(18)26-2/h3-10,12H,11H2,1-2H3. The normalized spacial score (nSPS) is 10.9. The van der Waals surface area contributed by atoms with E-state index in [1.54, 1.807) is 25.6 Å². The first-order valence-electron chi connectivity index (χ1n) is 8.40. The summed E-state index contributed by atoms with van der Waals surface area (Å²) in [6.07, 6.45) is 1.72. The number of hydrogen-bond acceptors (Lipinski definition) is 5. The second-order valence-electron chi connectivity index (χ2n) is 6.03. The fourth-order valence-corrected chi connectivity index (χ4v) is 3.66. The summed E-state index contributed by atoms with van der Waals surface area (Å²) < 4.78 is 26.3. The molecule has 2 heterocycles. The number of methoxy groups -OCH3 is 1. The molecule has 0 aliphatic heterocycles. The van der Waals surface area contributed by atoms with Gasteiger partial charge in [-0.3, -0.25) is 0 Å². The highest BCUT2D eigenvalue weighted by molar-refractivity contribution is 7.05. The first kappa shape index (κ1) is 17.4. The maximum Gasteiger partial charge on any atom is 0.136 e. The number of ether oxygens (including phenoxy) is 1. The molecule has 27 heavy (non-hydrogen) atoms. The van der Waals surface area contributed by atoms with E-state index in [9.17, 15) is 4.39 Å². The Hall–Kier alpha value is -3.06. The molecule has 0 aliphatic carbocycles. The van der Waals surface area contributed by atoms with Crippen molar-refractivity contribution in [2.24, 2.45) is 0 Å². The number of aryl methyl sites for hydroxylation is 1. The minimum atomic E-state index is -0.354. The van der Waals surface area contributed by atoms with Crippen LogP contribution in [0.25, 0.3) is 22.5 Å². The van der Waals surface area contributed by atoms with Gasteiger partial charge in [0.25, 0.3) is 0 Å². The number of imidazole rings is 1. The molecule has 0 unspecified atom stereocenters. The molecule has 0 fully saturated rings. The lowest BCUT2D eigenvalue weighted by molar-refractivity contribution is 0.413. The molecule has 0 N–H and O–H groups in total. The molecular weight excluding hydrogens is 363 g/mol. The molecular formula is C20H17FN4OS. The molecule has 4 rings (SSSR count). The van der Waals surface area contributed by atoms with Gasteiger partial charge in [0.1, 0.15) is 11.6 Å². The largest absolute Gasteiger partial charge is 0.496 e. The molecule has 2 aromatic heterocycles. The van der Waals surface area contributed by atoms with Gasteiger partial charge < -0.3 is 9.30 Å². The molecule has 0 radical (unpaired) electrons. The van der Waals surface area contributed by atoms with Gasteiger partial charge in [-0.05, 0) is 30.6 Å². The fraction of sp³-hybridized carbons (Fsp3) is 0.150. The Kier molecular flexibility index (Phi) is 4.68. The van der Waals surface area contributed by atoms with E-state index in [2.05, 4.69) is 14.6 Å². The summed E-state index contributed by atoms with van der Waals surface area (Å²) in [5.74, 6) is 0.112. The van der Waals surface area contributed by atoms with Crippen LogP contribution < -0.4 is 4.74 Å². The van der Waals surface area contributed by atoms with Gasteiger partial charge in [0.15, 0.2) is 0 Å². The van der Waals surface area contributed by atoms with Gasteiger partial charge in [0.05, 0.1) is 47.5 Å². The van der Waals surface area contributed by atoms with E-state index in [0.717, 1.165) is 16.1 Å². The Morgan fingerprint density at radius 3 is 2.63 bits per heavy atom. The van der Waals surface area contributed by atoms with Crippen LogP contribution in [-0.4, -0.2) is 26.2 Å². The maximum atomic E-state index is 14.9. The molecule has 0 amide bonds. The van der Waals surface area contributed by atoms with E-state index in [1.165, 1.54) is 17.6 Å². The van der Waals surface area contributed by atoms with E-state index in [0.29, 0.717) is 29.2 Å². The zero-order valence-corrected chi connectivity index (χ0v) is 15.7. The van der Waals surface area contributed by atoms with Gasteiger partial charge in [0.2, 0.25) is 0 Å². The third kappa shape index (κ3) is 3.21. The second-order valence-corrected chi connectivity index (χ2v) is 6.87. The Morgan fingerprint density at radius 1 is 1.11 bits per heavy atom. The predicted octanol–water partition coefficient (Wildman–Crippen LogP) is 4.57. The Bertz CT molecular complexity index is 1070. The molecule has 0 aliphatic rings. The number of rotatable bonds is 5. The van der Waals surface area contributed by atoms with Crippen LogP contribution in [0.3, 0.4) is 0 Å². The van der Waals surface area contributed by atoms with Gasteiger partial charge in [0, 0.05) is 5.56 Å². The highest BCUT2D eigenvalue weighted by Crippen LogP contribution is 2.39. The summed E-state index contributed by atoms with van der Waals surface area (Å²) in [4.78, 5) is 5.60. The lowest BCUT2D eigenvalue weighted by Gasteiger charge is -2.14. The number of benzene rings is 2. The molecule has 0 saturated heterocycles. The van der Waals surface area contributed by atoms with Crippen LogP contribution in [0.1, 0.15) is 10.6 Å². The van der Waals surface area contributed by atoms with Crippen LogP contribution in [0.4, 0.5) is 4.39 Å². The van der Waals surface area contributed by atoms with Crippen LogP contribution in [-0.2, 0) is 6.54 Å². The van der Waals surface area contributed by atoms with Crippen LogP contribution in [0.5, 0.6) is 5.75 Å². The number of halogens is 1. The third-order valence-electron chi connectivity index (χ3n) is 4.38. The van der Waals surface area contributed by atoms with Gasteiger partial charge >= 0.3 is 0 Å². The van der Waals surface area contributed by atoms with E-state index in [-0.39, 0.29) is 5.82 Å². The lowest BCUT2D eigenvalue weighted by atomic mass is 10.0. The quantitative estimate of drug-likeness (QED) is 0.509. The van der Waals surface area contributed by atoms with Gasteiger partial charge in [-0.25, -0.2) is 9.37 Å². The second kappa shape index (κ2) is 7.28. The average Bonchev–Trinajstić information content (AvgIpc) is 3.29. The molecule has 0 spiro atoms. The minimum Gasteiger partial charge on any atom is -0.496 e. The smallest absolute Gasteiger partial charge is 0.136 e. The first-order chi connectivity index (χ1) is 13.2. The first-order valence-corrected chi connectivity index (χ1v) is 9.17. The van der Waals surface area contributed by atoms with Crippen molar-refractivity contribution >= 4 is 11.5 Å². The van der Waals surface area contributed by atoms with Crippen LogP contribution >= 0.6 is 11.5 Å². The monoisotopic (exact) mass is 380 g/mol. The van der Waals surface area contributed by atoms with Crippen molar-refractivity contribution in [2.75, 3.05) is 7.11 Å². The Balaban J connectivity index is 1.95. The van der Waals surface area contributed by atoms with Crippen LogP contribution in [0.2, 0.25) is 0 Å². The van der Waals surface area contributed by atoms with Gasteiger partial charge in [-0.2, -0.15) is 0 Å². The van der Waals surface area contributed by atoms with E-state index < -0.39 is 0 Å². The summed E-state index contributed by atoms with van der Waals surface area (Å²) in [7, 11) is 1.54. The molecule has 5 nitrogen and oxygen atoms in total. The highest BCUT2D eigenvalue weighted by Gasteiger charge is 2.22. The topological polar surface area (TPSA) is 52.8 Å². The molecule has 0 saturated carbocycles. The average molecular weight is 380 g/mol. The predicted molar refractivity (Wildman–Crippen MR) is 103 cm³/mol. The number of aromatic nitrogens is 4. The van der Waals surface area contributed by atoms with E-state index in [4.69, 9.17) is 4.74 Å². The van der Waals surface area contributed by atoms with Crippen molar-refractivity contribution in [2.45, 2.75) is 13.5 Å². The molecule has 2 aromatic carbocycles. The molecule has 0 atom stereocenters. The fourth-order valence-electron chi connectivity index (χ4n) is 3.03. The van der Waals surface area contributed by atoms with Crippen molar-refractivity contribution in [3.8, 4) is 28.3 Å². The highest BCUT2D eigenvalue weighted by atomic mass is 32.1. The van der Waals surface area contributed by atoms with Crippen molar-refractivity contribution in [1.82, 2.24) is 19.1 Å². The minimum absolute atomic E-state index is 0.354. The Morgan fingerprint density at radius 2 is 1.93 bits per heavy atom. The summed E-state index contributed by atoms with van der Waals surface area (Å²) in [6.45, 7) is 2.42. The van der Waals surface area contributed by atoms with Crippen molar-refractivity contribution in [1.29, 1.82) is 0 Å². The van der Waals surface area contributed by atoms with Crippen LogP contribution in [0.15, 0.2) is 54.9 Å². The zero-order valence-electron chi connectivity index (χ0n) is 14.9. The zero-order chi connectivity index (χ0) is 18.8. The molecule has 0 bridgehead atoms. The van der Waals surface area contributed by atoms with Crippen molar-refractivity contribution in [3.05, 3.63) is 71.2 Å². The lowest BCUT2D eigenvalue weighted by Crippen LogP contribution is -2.03. The van der Waals surface area contributed by atoms with Crippen LogP contribution in [0, 0.1) is 12.7 Å². The number of nitrogens with zero attached hydrogens (tertiary/aromatic N) is 4. The van der Waals surface area contributed by atoms with E-state index in [1.807, 2.05) is 41.8 Å². The molecule has 136 valence electrons. The van der Waals surface area contributed by atoms with Gasteiger partial charge in [-0.1, -0.05) is 40.9 Å². The SMILES string of the molecule is COc1cccc(F)c1-c1c(-c2ccccc2)ncn1Cc1snnc1C. The molecule has 4 aromatic rings. The summed E-state index contributed by atoms with van der Waals surface area (Å²) >= 11 is 1.33. The maximum absolute atomic E-state index is 14.9. The summed E-state index contributed by atoms with van der Waals surface area (Å²) in [5.41, 5.74) is 3.54. The van der Waals surface area contributed by atoms with E-state index >= 15 is 0 Å². The number of hydrogen-bond donors (Lipinski definition) is 0. The third-order valence-corrected chi connectivity index (χ3v) is 5.18. The van der Waals surface area contributed by atoms with Crippen molar-refractivity contribution < 1.29 is 9.13 Å². The summed E-state index contributed by atoms with van der Waals surface area (Å²) in [5, 5.41) is 4.07. The van der Waals surface area contributed by atoms with Crippen molar-refractivity contribution in [3.63, 3.8) is 0 Å².